The molecule has 0 radical (unpaired) electrons. The minimum absolute atomic E-state index is 0.526. The molecule has 0 aromatic heterocycles. The van der Waals surface area contributed by atoms with E-state index in [1.54, 1.807) is 7.11 Å². The highest BCUT2D eigenvalue weighted by atomic mass is 16.5. The lowest BCUT2D eigenvalue weighted by atomic mass is 9.91. The van der Waals surface area contributed by atoms with Crippen molar-refractivity contribution in [1.82, 2.24) is 10.2 Å². The van der Waals surface area contributed by atoms with Crippen molar-refractivity contribution in [2.75, 3.05) is 26.8 Å². The predicted octanol–water partition coefficient (Wildman–Crippen LogP) is 2.09. The molecule has 3 rings (SSSR count). The highest BCUT2D eigenvalue weighted by molar-refractivity contribution is 5.32. The second kappa shape index (κ2) is 5.93. The summed E-state index contributed by atoms with van der Waals surface area (Å²) in [6.07, 6.45) is 15.2. The quantitative estimate of drug-likeness (QED) is 0.709. The first-order chi connectivity index (χ1) is 9.38. The van der Waals surface area contributed by atoms with Crippen LogP contribution >= 0.6 is 0 Å². The summed E-state index contributed by atoms with van der Waals surface area (Å²) < 4.78 is 5.16. The molecule has 1 N–H and O–H groups in total. The zero-order valence-corrected chi connectivity index (χ0v) is 11.7. The Balaban J connectivity index is 1.61. The van der Waals surface area contributed by atoms with Gasteiger partial charge < -0.3 is 15.0 Å². The molecule has 1 saturated carbocycles. The Morgan fingerprint density at radius 1 is 1.32 bits per heavy atom. The summed E-state index contributed by atoms with van der Waals surface area (Å²) in [5.41, 5.74) is 1.54. The van der Waals surface area contributed by atoms with Crippen molar-refractivity contribution in [2.24, 2.45) is 5.92 Å². The lowest BCUT2D eigenvalue weighted by molar-refractivity contribution is 0.179. The monoisotopic (exact) mass is 260 g/mol. The summed E-state index contributed by atoms with van der Waals surface area (Å²) in [6.45, 7) is 2.97. The Bertz CT molecular complexity index is 396. The van der Waals surface area contributed by atoms with Crippen LogP contribution in [0.15, 0.2) is 36.1 Å². The van der Waals surface area contributed by atoms with Crippen LogP contribution in [0.2, 0.25) is 0 Å². The van der Waals surface area contributed by atoms with Crippen LogP contribution < -0.4 is 5.32 Å². The molecule has 2 atom stereocenters. The van der Waals surface area contributed by atoms with Gasteiger partial charge >= 0.3 is 0 Å². The average molecular weight is 260 g/mol. The maximum absolute atomic E-state index is 5.16. The fourth-order valence-electron chi connectivity index (χ4n) is 2.96. The van der Waals surface area contributed by atoms with Crippen LogP contribution in [0, 0.1) is 5.92 Å². The van der Waals surface area contributed by atoms with Crippen LogP contribution in [0.5, 0.6) is 0 Å². The molecule has 0 aromatic rings. The molecule has 3 nitrogen and oxygen atoms in total. The van der Waals surface area contributed by atoms with Crippen LogP contribution in [-0.2, 0) is 4.74 Å². The predicted molar refractivity (Wildman–Crippen MR) is 77.9 cm³/mol. The van der Waals surface area contributed by atoms with E-state index >= 15 is 0 Å². The van der Waals surface area contributed by atoms with E-state index in [1.807, 2.05) is 0 Å². The summed E-state index contributed by atoms with van der Waals surface area (Å²) in [5.74, 6) is 0.568. The molecule has 3 aliphatic rings. The van der Waals surface area contributed by atoms with Gasteiger partial charge in [-0.15, -0.1) is 0 Å². The van der Waals surface area contributed by atoms with Crippen molar-refractivity contribution < 1.29 is 4.74 Å². The molecule has 3 heteroatoms. The molecule has 0 spiro atoms. The molecule has 1 fully saturated rings. The third-order valence-electron chi connectivity index (χ3n) is 4.19. The zero-order valence-electron chi connectivity index (χ0n) is 11.7. The van der Waals surface area contributed by atoms with Crippen molar-refractivity contribution in [3.05, 3.63) is 36.1 Å². The molecule has 0 aromatic carbocycles. The van der Waals surface area contributed by atoms with E-state index in [-0.39, 0.29) is 0 Å². The van der Waals surface area contributed by atoms with Crippen molar-refractivity contribution in [1.29, 1.82) is 0 Å². The number of nitrogens with zero attached hydrogens (tertiary/aromatic N) is 1. The van der Waals surface area contributed by atoms with Gasteiger partial charge in [0.05, 0.1) is 6.04 Å². The topological polar surface area (TPSA) is 24.5 Å². The SMILES string of the molecule is COCCCN1C=C(CNC2CC2)C2C=CC=CC21. The first kappa shape index (κ1) is 12.9. The lowest BCUT2D eigenvalue weighted by Gasteiger charge is -2.28. The third kappa shape index (κ3) is 3.10. The number of fused-ring (bicyclic) bond motifs is 1. The Morgan fingerprint density at radius 2 is 2.16 bits per heavy atom. The summed E-state index contributed by atoms with van der Waals surface area (Å²) in [6, 6.07) is 1.31. The van der Waals surface area contributed by atoms with Gasteiger partial charge in [0.25, 0.3) is 0 Å². The molecule has 104 valence electrons. The van der Waals surface area contributed by atoms with E-state index in [4.69, 9.17) is 4.74 Å². The van der Waals surface area contributed by atoms with Crippen molar-refractivity contribution >= 4 is 0 Å². The van der Waals surface area contributed by atoms with E-state index in [0.717, 1.165) is 32.2 Å². The molecule has 0 amide bonds. The van der Waals surface area contributed by atoms with Crippen LogP contribution in [0.25, 0.3) is 0 Å². The van der Waals surface area contributed by atoms with E-state index in [1.165, 1.54) is 18.4 Å². The number of hydrogen-bond acceptors (Lipinski definition) is 3. The Morgan fingerprint density at radius 3 is 2.95 bits per heavy atom. The molecule has 1 heterocycles. The van der Waals surface area contributed by atoms with E-state index in [9.17, 15) is 0 Å². The maximum Gasteiger partial charge on any atom is 0.0571 e. The van der Waals surface area contributed by atoms with Gasteiger partial charge in [0, 0.05) is 45.0 Å². The minimum atomic E-state index is 0.526. The number of rotatable bonds is 7. The Kier molecular flexibility index (Phi) is 4.04. The average Bonchev–Trinajstić information content (AvgIpc) is 3.20. The van der Waals surface area contributed by atoms with Gasteiger partial charge in [0.2, 0.25) is 0 Å². The first-order valence-electron chi connectivity index (χ1n) is 7.42. The molecule has 2 aliphatic carbocycles. The van der Waals surface area contributed by atoms with Crippen LogP contribution in [0.1, 0.15) is 19.3 Å². The molecule has 2 unspecified atom stereocenters. The fraction of sp³-hybridized carbons (Fsp3) is 0.625. The molecular weight excluding hydrogens is 236 g/mol. The highest BCUT2D eigenvalue weighted by Crippen LogP contribution is 2.33. The van der Waals surface area contributed by atoms with Crippen LogP contribution in [0.3, 0.4) is 0 Å². The Labute approximate surface area is 116 Å². The van der Waals surface area contributed by atoms with Gasteiger partial charge in [-0.2, -0.15) is 0 Å². The van der Waals surface area contributed by atoms with Crippen molar-refractivity contribution in [3.63, 3.8) is 0 Å². The molecule has 0 bridgehead atoms. The number of hydrogen-bond donors (Lipinski definition) is 1. The molecular formula is C16H24N2O. The summed E-state index contributed by atoms with van der Waals surface area (Å²) >= 11 is 0. The highest BCUT2D eigenvalue weighted by Gasteiger charge is 2.33. The van der Waals surface area contributed by atoms with E-state index < -0.39 is 0 Å². The maximum atomic E-state index is 5.16. The number of methoxy groups -OCH3 is 1. The van der Waals surface area contributed by atoms with Gasteiger partial charge in [-0.05, 0) is 24.8 Å². The van der Waals surface area contributed by atoms with Gasteiger partial charge in [-0.1, -0.05) is 24.3 Å². The fourth-order valence-corrected chi connectivity index (χ4v) is 2.96. The second-order valence-corrected chi connectivity index (χ2v) is 5.73. The lowest BCUT2D eigenvalue weighted by Crippen LogP contribution is -2.32. The van der Waals surface area contributed by atoms with Crippen LogP contribution in [-0.4, -0.2) is 43.8 Å². The molecule has 19 heavy (non-hydrogen) atoms. The minimum Gasteiger partial charge on any atom is -0.385 e. The zero-order chi connectivity index (χ0) is 13.1. The van der Waals surface area contributed by atoms with Crippen LogP contribution in [0.4, 0.5) is 0 Å². The van der Waals surface area contributed by atoms with E-state index in [0.29, 0.717) is 12.0 Å². The summed E-state index contributed by atoms with van der Waals surface area (Å²) in [7, 11) is 1.77. The van der Waals surface area contributed by atoms with Gasteiger partial charge in [0.1, 0.15) is 0 Å². The largest absolute Gasteiger partial charge is 0.385 e. The Hall–Kier alpha value is -1.06. The van der Waals surface area contributed by atoms with Crippen molar-refractivity contribution in [2.45, 2.75) is 31.3 Å². The first-order valence-corrected chi connectivity index (χ1v) is 7.42. The number of allylic oxidation sites excluding steroid dienone is 2. The van der Waals surface area contributed by atoms with Gasteiger partial charge in [-0.3, -0.25) is 0 Å². The van der Waals surface area contributed by atoms with E-state index in [2.05, 4.69) is 40.7 Å². The number of nitrogens with one attached hydrogen (secondary N) is 1. The standard InChI is InChI=1S/C16H24N2O/c1-19-10-4-9-18-12-13(11-17-14-7-8-14)15-5-2-3-6-16(15)18/h2-3,5-6,12,14-17H,4,7-11H2,1H3. The van der Waals surface area contributed by atoms with Gasteiger partial charge in [-0.25, -0.2) is 0 Å². The normalized spacial score (nSPS) is 28.7. The molecule has 0 saturated heterocycles. The second-order valence-electron chi connectivity index (χ2n) is 5.73. The third-order valence-corrected chi connectivity index (χ3v) is 4.19. The number of ether oxygens (including phenoxy) is 1. The summed E-state index contributed by atoms with van der Waals surface area (Å²) in [4.78, 5) is 2.48. The van der Waals surface area contributed by atoms with Gasteiger partial charge in [0.15, 0.2) is 0 Å². The summed E-state index contributed by atoms with van der Waals surface area (Å²) in [5, 5.41) is 3.64. The van der Waals surface area contributed by atoms with Crippen molar-refractivity contribution in [3.8, 4) is 0 Å². The smallest absolute Gasteiger partial charge is 0.0571 e. The molecule has 1 aliphatic heterocycles.